The van der Waals surface area contributed by atoms with Gasteiger partial charge in [0, 0.05) is 113 Å². The van der Waals surface area contributed by atoms with Crippen molar-refractivity contribution < 1.29 is 52.6 Å². The zero-order valence-corrected chi connectivity index (χ0v) is 80.8. The van der Waals surface area contributed by atoms with E-state index in [1.807, 2.05) is 203 Å². The molecule has 135 heavy (non-hydrogen) atoms. The number of halogens is 1. The molecule has 4 fully saturated rings. The summed E-state index contributed by atoms with van der Waals surface area (Å²) in [6.07, 6.45) is 24.3. The molecule has 4 saturated heterocycles. The fraction of sp³-hybridized carbons (Fsp3) is 0.351. The van der Waals surface area contributed by atoms with Crippen LogP contribution in [0.25, 0.3) is 65.3 Å². The molecule has 0 unspecified atom stereocenters. The Balaban J connectivity index is 0.000000125. The lowest BCUT2D eigenvalue weighted by Gasteiger charge is -2.30. The molecule has 4 atom stereocenters. The number of ether oxygens (including phenoxy) is 4. The van der Waals surface area contributed by atoms with E-state index in [0.717, 1.165) is 116 Å². The third-order valence-corrected chi connectivity index (χ3v) is 30.6. The molecule has 0 saturated carbocycles. The second-order valence-electron chi connectivity index (χ2n) is 34.9. The monoisotopic (exact) mass is 1920 g/mol. The van der Waals surface area contributed by atoms with Crippen LogP contribution in [0, 0.1) is 13.8 Å². The van der Waals surface area contributed by atoms with E-state index < -0.39 is 40.1 Å². The number of anilines is 4. The van der Waals surface area contributed by atoms with E-state index in [0.29, 0.717) is 138 Å². The molecule has 12 aromatic heterocycles. The number of fused-ring (bicyclic) bond motifs is 8. The predicted octanol–water partition coefficient (Wildman–Crippen LogP) is 16.1. The van der Waals surface area contributed by atoms with Crippen molar-refractivity contribution in [2.45, 2.75) is 141 Å². The summed E-state index contributed by atoms with van der Waals surface area (Å²) in [7, 11) is -12.7. The van der Waals surface area contributed by atoms with Gasteiger partial charge in [0.15, 0.2) is 5.82 Å². The first-order valence-corrected chi connectivity index (χ1v) is 52.9. The Labute approximate surface area is 789 Å². The lowest BCUT2D eigenvalue weighted by Crippen LogP contribution is -2.41. The van der Waals surface area contributed by atoms with Gasteiger partial charge in [0.2, 0.25) is 63.6 Å². The number of rotatable bonds is 24. The minimum absolute atomic E-state index is 0.0647. The van der Waals surface area contributed by atoms with E-state index >= 15 is 0 Å². The molecular formula is C97H110ClN21O12S4. The van der Waals surface area contributed by atoms with Crippen LogP contribution in [0.4, 0.5) is 22.7 Å². The molecule has 4 aliphatic rings. The summed E-state index contributed by atoms with van der Waals surface area (Å²) >= 11 is 6.54. The van der Waals surface area contributed by atoms with Crippen molar-refractivity contribution in [3.05, 3.63) is 258 Å². The SMILES string of the molecule is C[C@H](Nc1ccnn2cccc12)c1cc2cccc(Cl)c2c(OC2CCN(S(C)(=O)=O)CC2)n1.C[C@H](Nc1ccnn2cccc12)c1cc2ccccc2c(OC2CCN(S(C)(=O)=O)CC2)n1.Cc1cccc2cc([C@H](C)Nc3ccnn4cccc34)nc(OC3CCN(S(C)(=O)=O)CC3)c12.Cc1cccc2nc([C@H](C)Nc3ccnn4cccc34)nc(OC3CCN(S(C)(=O)=O)CC3)c12. The van der Waals surface area contributed by atoms with Crippen molar-refractivity contribution in [3.8, 4) is 23.5 Å². The smallest absolute Gasteiger partial charge is 0.225 e. The van der Waals surface area contributed by atoms with Crippen LogP contribution in [0.15, 0.2) is 219 Å². The maximum absolute atomic E-state index is 11.9. The van der Waals surface area contributed by atoms with Gasteiger partial charge in [0.05, 0.1) is 132 Å². The molecule has 4 N–H and O–H groups in total. The Bertz CT molecular complexity index is 6960. The largest absolute Gasteiger partial charge is 0.474 e. The van der Waals surface area contributed by atoms with E-state index in [4.69, 9.17) is 55.5 Å². The van der Waals surface area contributed by atoms with Crippen LogP contribution in [0.3, 0.4) is 0 Å². The fourth-order valence-electron chi connectivity index (χ4n) is 17.7. The Morgan fingerprint density at radius 3 is 1.04 bits per heavy atom. The number of benzene rings is 4. The van der Waals surface area contributed by atoms with Gasteiger partial charge in [0.25, 0.3) is 0 Å². The minimum atomic E-state index is -3.20. The normalized spacial score (nSPS) is 16.7. The van der Waals surface area contributed by atoms with Crippen LogP contribution >= 0.6 is 11.6 Å². The molecule has 16 heterocycles. The number of hydrogen-bond acceptors (Lipinski definition) is 25. The first-order valence-electron chi connectivity index (χ1n) is 45.2. The number of piperidine rings is 4. The highest BCUT2D eigenvalue weighted by Gasteiger charge is 2.33. The lowest BCUT2D eigenvalue weighted by atomic mass is 10.0. The van der Waals surface area contributed by atoms with Crippen LogP contribution < -0.4 is 40.2 Å². The van der Waals surface area contributed by atoms with Gasteiger partial charge in [-0.2, -0.15) is 25.4 Å². The van der Waals surface area contributed by atoms with Crippen molar-refractivity contribution in [2.75, 3.05) is 98.6 Å². The van der Waals surface area contributed by atoms with Crippen LogP contribution in [-0.2, 0) is 40.1 Å². The van der Waals surface area contributed by atoms with E-state index in [1.165, 1.54) is 42.2 Å². The Kier molecular flexibility index (Phi) is 28.1. The Hall–Kier alpha value is -12.5. The molecule has 0 radical (unpaired) electrons. The highest BCUT2D eigenvalue weighted by atomic mass is 35.5. The van der Waals surface area contributed by atoms with Crippen molar-refractivity contribution in [1.29, 1.82) is 0 Å². The zero-order chi connectivity index (χ0) is 94.6. The summed E-state index contributed by atoms with van der Waals surface area (Å²) in [4.78, 5) is 24.4. The number of hydrogen-bond donors (Lipinski definition) is 4. The third kappa shape index (κ3) is 22.1. The van der Waals surface area contributed by atoms with Crippen LogP contribution in [0.1, 0.15) is 137 Å². The van der Waals surface area contributed by atoms with Crippen LogP contribution in [0.5, 0.6) is 23.5 Å². The Morgan fingerprint density at radius 1 is 0.333 bits per heavy atom. The molecule has 4 aliphatic heterocycles. The topological polar surface area (TPSA) is 368 Å². The van der Waals surface area contributed by atoms with Crippen LogP contribution in [-0.4, -0.2) is 216 Å². The average molecular weight is 1930 g/mol. The van der Waals surface area contributed by atoms with Crippen molar-refractivity contribution in [1.82, 2.24) is 80.6 Å². The summed E-state index contributed by atoms with van der Waals surface area (Å²) in [5, 5.41) is 38.7. The van der Waals surface area contributed by atoms with E-state index in [1.54, 1.807) is 24.8 Å². The highest BCUT2D eigenvalue weighted by molar-refractivity contribution is 7.89. The van der Waals surface area contributed by atoms with Gasteiger partial charge < -0.3 is 40.2 Å². The molecule has 16 aromatic rings. The summed E-state index contributed by atoms with van der Waals surface area (Å²) in [5.74, 6) is 2.86. The van der Waals surface area contributed by atoms with Crippen LogP contribution in [0.2, 0.25) is 5.02 Å². The molecule has 4 aromatic carbocycles. The van der Waals surface area contributed by atoms with Crippen molar-refractivity contribution in [3.63, 3.8) is 0 Å². The lowest BCUT2D eigenvalue weighted by molar-refractivity contribution is 0.131. The molecule has 0 amide bonds. The fourth-order valence-corrected chi connectivity index (χ4v) is 21.5. The van der Waals surface area contributed by atoms with Crippen molar-refractivity contribution in [2.24, 2.45) is 0 Å². The maximum Gasteiger partial charge on any atom is 0.225 e. The summed E-state index contributed by atoms with van der Waals surface area (Å²) in [6.45, 7) is 15.9. The van der Waals surface area contributed by atoms with Gasteiger partial charge in [-0.15, -0.1) is 0 Å². The first-order chi connectivity index (χ1) is 64.8. The van der Waals surface area contributed by atoms with Gasteiger partial charge in [-0.3, -0.25) is 0 Å². The predicted molar refractivity (Wildman–Crippen MR) is 528 cm³/mol. The summed E-state index contributed by atoms with van der Waals surface area (Å²) in [6, 6.07) is 55.4. The molecule has 706 valence electrons. The number of aryl methyl sites for hydroxylation is 2. The van der Waals surface area contributed by atoms with Gasteiger partial charge in [-0.25, -0.2) is 88.9 Å². The quantitative estimate of drug-likeness (QED) is 0.0436. The van der Waals surface area contributed by atoms with Crippen molar-refractivity contribution >= 4 is 140 Å². The Morgan fingerprint density at radius 2 is 0.644 bits per heavy atom. The molecule has 0 spiro atoms. The second-order valence-corrected chi connectivity index (χ2v) is 43.2. The molecule has 20 rings (SSSR count). The third-order valence-electron chi connectivity index (χ3n) is 25.0. The van der Waals surface area contributed by atoms with Gasteiger partial charge in [0.1, 0.15) is 24.4 Å². The number of pyridine rings is 3. The summed E-state index contributed by atoms with van der Waals surface area (Å²) < 4.78 is 134. The van der Waals surface area contributed by atoms with E-state index in [2.05, 4.69) is 92.8 Å². The standard InChI is InChI=1S/C25H29N5O3S.C24H26ClN5O3S.C24H28N6O3S.C24H27N5O3S/c1-17-6-4-7-19-16-22(18(2)27-21-9-12-26-30-13-5-8-23(21)30)28-25(24(17)19)33-20-10-14-29(15-11-20)34(3,31)32;1-16(27-20-8-11-26-30-12-4-7-22(20)30)21-15-17-5-3-6-19(25)23(17)24(28-21)33-18-9-13-29(14-10-18)34(2,31)32;1-16-6-4-7-20-22(16)24(33-18-10-14-29(15-11-18)34(3,31)32)28-23(27-20)17(2)26-19-9-12-25-30-13-5-8-21(19)30;1-17(26-21-9-12-25-29-13-5-8-23(21)29)22-16-18-6-3-4-7-20(18)24(27-22)32-19-10-14-28(15-11-19)33(2,30)31/h4-9,12-13,16,18,20,27H,10-11,14-15H2,1-3H3;3-8,11-12,15-16,18,27H,9-10,13-14H2,1-2H3;4-9,12-13,17-18,26H,10-11,14-15H2,1-3H3;3-9,12-13,16-17,19,26H,10-11,14-15H2,1-2H3/t18-;16-;2*17-/m0000/s1. The average Bonchev–Trinajstić information content (AvgIpc) is 0.863. The second kappa shape index (κ2) is 40.2. The number of sulfonamides is 4. The molecule has 38 heteroatoms. The maximum atomic E-state index is 11.9. The zero-order valence-electron chi connectivity index (χ0n) is 76.7. The van der Waals surface area contributed by atoms with Gasteiger partial charge in [-0.1, -0.05) is 72.3 Å². The molecule has 0 bridgehead atoms. The summed E-state index contributed by atoms with van der Waals surface area (Å²) in [5.41, 5.74) is 13.3. The number of aromatic nitrogens is 13. The number of nitrogens with one attached hydrogen (secondary N) is 4. The molecule has 33 nitrogen and oxygen atoms in total. The number of nitrogens with zero attached hydrogens (tertiary/aromatic N) is 17. The first kappa shape index (κ1) is 94.3. The molecular weight excluding hydrogens is 1810 g/mol. The van der Waals surface area contributed by atoms with Gasteiger partial charge in [-0.05, 0) is 229 Å². The minimum Gasteiger partial charge on any atom is -0.474 e. The highest BCUT2D eigenvalue weighted by Crippen LogP contribution is 2.40. The van der Waals surface area contributed by atoms with E-state index in [-0.39, 0.29) is 48.6 Å². The van der Waals surface area contributed by atoms with E-state index in [9.17, 15) is 33.7 Å². The molecule has 0 aliphatic carbocycles. The van der Waals surface area contributed by atoms with Gasteiger partial charge >= 0.3 is 0 Å².